The van der Waals surface area contributed by atoms with Gasteiger partial charge in [0.25, 0.3) is 0 Å². The molecule has 0 aliphatic heterocycles. The van der Waals surface area contributed by atoms with E-state index < -0.39 is 5.97 Å². The Hall–Kier alpha value is -1.43. The van der Waals surface area contributed by atoms with Crippen LogP contribution in [0.1, 0.15) is 29.8 Å². The Labute approximate surface area is 87.4 Å². The van der Waals surface area contributed by atoms with Gasteiger partial charge in [-0.3, -0.25) is 0 Å². The Kier molecular flexibility index (Phi) is 2.44. The molecule has 0 spiro atoms. The van der Waals surface area contributed by atoms with Crippen molar-refractivity contribution in [1.29, 1.82) is 0 Å². The van der Waals surface area contributed by atoms with Crippen LogP contribution in [0.2, 0.25) is 0 Å². The van der Waals surface area contributed by atoms with E-state index in [4.69, 9.17) is 5.73 Å². The number of hydrogen-bond acceptors (Lipinski definition) is 5. The molecule has 2 N–H and O–H groups in total. The van der Waals surface area contributed by atoms with E-state index in [1.54, 1.807) is 10.9 Å². The minimum Gasteiger partial charge on any atom is -0.464 e. The molecule has 0 radical (unpaired) electrons. The van der Waals surface area contributed by atoms with Gasteiger partial charge < -0.3 is 10.5 Å². The molecule has 0 atom stereocenters. The maximum Gasteiger partial charge on any atom is 0.360 e. The summed E-state index contributed by atoms with van der Waals surface area (Å²) in [7, 11) is 1.32. The molecule has 0 unspecified atom stereocenters. The molecule has 82 valence electrons. The lowest BCUT2D eigenvalue weighted by Gasteiger charge is -2.40. The average molecular weight is 210 g/mol. The van der Waals surface area contributed by atoms with Crippen LogP contribution in [0.3, 0.4) is 0 Å². The van der Waals surface area contributed by atoms with Gasteiger partial charge >= 0.3 is 5.97 Å². The molecule has 1 fully saturated rings. The number of rotatable bonds is 3. The SMILES string of the molecule is COC(=O)c1cn(C2(CN)CCC2)nn1. The van der Waals surface area contributed by atoms with Gasteiger partial charge in [0, 0.05) is 6.54 Å². The fourth-order valence-electron chi connectivity index (χ4n) is 1.81. The van der Waals surface area contributed by atoms with Gasteiger partial charge in [0.05, 0.1) is 18.8 Å². The summed E-state index contributed by atoms with van der Waals surface area (Å²) in [4.78, 5) is 11.2. The zero-order valence-corrected chi connectivity index (χ0v) is 8.64. The van der Waals surface area contributed by atoms with E-state index in [1.165, 1.54) is 7.11 Å². The van der Waals surface area contributed by atoms with Crippen LogP contribution in [0, 0.1) is 0 Å². The summed E-state index contributed by atoms with van der Waals surface area (Å²) in [6.45, 7) is 0.525. The Balaban J connectivity index is 2.23. The van der Waals surface area contributed by atoms with Crippen molar-refractivity contribution in [2.24, 2.45) is 5.73 Å². The maximum atomic E-state index is 11.2. The first-order valence-electron chi connectivity index (χ1n) is 4.93. The lowest BCUT2D eigenvalue weighted by Crippen LogP contribution is -2.47. The van der Waals surface area contributed by atoms with Gasteiger partial charge in [0.15, 0.2) is 5.69 Å². The van der Waals surface area contributed by atoms with Gasteiger partial charge in [-0.05, 0) is 19.3 Å². The number of esters is 1. The molecule has 1 saturated carbocycles. The fourth-order valence-corrected chi connectivity index (χ4v) is 1.81. The Morgan fingerprint density at radius 3 is 2.93 bits per heavy atom. The molecular weight excluding hydrogens is 196 g/mol. The first kappa shape index (κ1) is 10.1. The Morgan fingerprint density at radius 2 is 2.47 bits per heavy atom. The molecule has 1 aromatic heterocycles. The van der Waals surface area contributed by atoms with Gasteiger partial charge in [0.1, 0.15) is 0 Å². The zero-order chi connectivity index (χ0) is 10.9. The summed E-state index contributed by atoms with van der Waals surface area (Å²) in [6.07, 6.45) is 4.74. The quantitative estimate of drug-likeness (QED) is 0.704. The number of nitrogens with zero attached hydrogens (tertiary/aromatic N) is 3. The molecule has 1 aliphatic carbocycles. The predicted octanol–water partition coefficient (Wildman–Crippen LogP) is -0.0974. The van der Waals surface area contributed by atoms with Crippen molar-refractivity contribution < 1.29 is 9.53 Å². The summed E-state index contributed by atoms with van der Waals surface area (Å²) in [5, 5.41) is 7.70. The second-order valence-electron chi connectivity index (χ2n) is 3.82. The van der Waals surface area contributed by atoms with E-state index in [1.807, 2.05) is 0 Å². The largest absolute Gasteiger partial charge is 0.464 e. The third-order valence-corrected chi connectivity index (χ3v) is 3.04. The normalized spacial score (nSPS) is 18.3. The third kappa shape index (κ3) is 1.50. The van der Waals surface area contributed by atoms with Crippen molar-refractivity contribution in [3.05, 3.63) is 11.9 Å². The minimum atomic E-state index is -0.465. The summed E-state index contributed by atoms with van der Waals surface area (Å²) in [6, 6.07) is 0. The second kappa shape index (κ2) is 3.62. The van der Waals surface area contributed by atoms with Crippen LogP contribution >= 0.6 is 0 Å². The number of carbonyl (C=O) groups is 1. The maximum absolute atomic E-state index is 11.2. The minimum absolute atomic E-state index is 0.126. The first-order chi connectivity index (χ1) is 7.22. The van der Waals surface area contributed by atoms with Crippen LogP contribution in [-0.2, 0) is 10.3 Å². The van der Waals surface area contributed by atoms with Crippen LogP contribution in [-0.4, -0.2) is 34.6 Å². The highest BCUT2D eigenvalue weighted by atomic mass is 16.5. The summed E-state index contributed by atoms with van der Waals surface area (Å²) >= 11 is 0. The third-order valence-electron chi connectivity index (χ3n) is 3.04. The molecule has 0 amide bonds. The number of carbonyl (C=O) groups excluding carboxylic acids is 1. The van der Waals surface area contributed by atoms with Gasteiger partial charge in [-0.2, -0.15) is 0 Å². The second-order valence-corrected chi connectivity index (χ2v) is 3.82. The van der Waals surface area contributed by atoms with E-state index in [-0.39, 0.29) is 11.2 Å². The highest BCUT2D eigenvalue weighted by Crippen LogP contribution is 2.37. The van der Waals surface area contributed by atoms with E-state index >= 15 is 0 Å². The highest BCUT2D eigenvalue weighted by molar-refractivity contribution is 5.86. The van der Waals surface area contributed by atoms with Crippen molar-refractivity contribution in [2.75, 3.05) is 13.7 Å². The molecule has 0 bridgehead atoms. The van der Waals surface area contributed by atoms with Gasteiger partial charge in [-0.15, -0.1) is 5.10 Å². The number of aromatic nitrogens is 3. The van der Waals surface area contributed by atoms with E-state index in [2.05, 4.69) is 15.0 Å². The molecule has 2 rings (SSSR count). The Morgan fingerprint density at radius 1 is 1.73 bits per heavy atom. The lowest BCUT2D eigenvalue weighted by atomic mass is 9.77. The topological polar surface area (TPSA) is 83.0 Å². The standard InChI is InChI=1S/C9H14N4O2/c1-15-8(14)7-5-13(12-11-7)9(6-10)3-2-4-9/h5H,2-4,6,10H2,1H3. The van der Waals surface area contributed by atoms with Crippen LogP contribution in [0.25, 0.3) is 0 Å². The molecule has 1 aliphatic rings. The van der Waals surface area contributed by atoms with Gasteiger partial charge in [-0.1, -0.05) is 5.21 Å². The number of nitrogens with two attached hydrogens (primary N) is 1. The van der Waals surface area contributed by atoms with E-state index in [9.17, 15) is 4.79 Å². The average Bonchev–Trinajstić information content (AvgIpc) is 2.65. The molecule has 6 heteroatoms. The van der Waals surface area contributed by atoms with Crippen LogP contribution in [0.4, 0.5) is 0 Å². The molecule has 15 heavy (non-hydrogen) atoms. The number of methoxy groups -OCH3 is 1. The van der Waals surface area contributed by atoms with Crippen LogP contribution in [0.15, 0.2) is 6.20 Å². The number of ether oxygens (including phenoxy) is 1. The summed E-state index contributed by atoms with van der Waals surface area (Å²) < 4.78 is 6.26. The van der Waals surface area contributed by atoms with E-state index in [0.717, 1.165) is 19.3 Å². The van der Waals surface area contributed by atoms with Gasteiger partial charge in [0.2, 0.25) is 0 Å². The summed E-state index contributed by atoms with van der Waals surface area (Å²) in [5.41, 5.74) is 5.82. The molecule has 1 heterocycles. The first-order valence-corrected chi connectivity index (χ1v) is 4.93. The fraction of sp³-hybridized carbons (Fsp3) is 0.667. The van der Waals surface area contributed by atoms with Crippen molar-refractivity contribution in [1.82, 2.24) is 15.0 Å². The predicted molar refractivity (Wildman–Crippen MR) is 52.2 cm³/mol. The molecular formula is C9H14N4O2. The molecule has 0 aromatic carbocycles. The van der Waals surface area contributed by atoms with Crippen molar-refractivity contribution >= 4 is 5.97 Å². The zero-order valence-electron chi connectivity index (χ0n) is 8.64. The lowest BCUT2D eigenvalue weighted by molar-refractivity contribution is 0.0593. The smallest absolute Gasteiger partial charge is 0.360 e. The summed E-state index contributed by atoms with van der Waals surface area (Å²) in [5.74, 6) is -0.465. The monoisotopic (exact) mass is 210 g/mol. The van der Waals surface area contributed by atoms with Crippen molar-refractivity contribution in [2.45, 2.75) is 24.8 Å². The molecule has 0 saturated heterocycles. The molecule has 6 nitrogen and oxygen atoms in total. The number of hydrogen-bond donors (Lipinski definition) is 1. The Bertz CT molecular complexity index is 364. The van der Waals surface area contributed by atoms with E-state index in [0.29, 0.717) is 6.54 Å². The molecule has 1 aromatic rings. The van der Waals surface area contributed by atoms with Crippen molar-refractivity contribution in [3.63, 3.8) is 0 Å². The van der Waals surface area contributed by atoms with Crippen molar-refractivity contribution in [3.8, 4) is 0 Å². The van der Waals surface area contributed by atoms with Gasteiger partial charge in [-0.25, -0.2) is 9.48 Å². The van der Waals surface area contributed by atoms with Crippen LogP contribution in [0.5, 0.6) is 0 Å². The van der Waals surface area contributed by atoms with Crippen LogP contribution < -0.4 is 5.73 Å². The highest BCUT2D eigenvalue weighted by Gasteiger charge is 2.39.